The topological polar surface area (TPSA) is 38.4 Å². The van der Waals surface area contributed by atoms with Crippen molar-refractivity contribution in [2.75, 3.05) is 6.54 Å². The van der Waals surface area contributed by atoms with E-state index in [9.17, 15) is 0 Å². The van der Waals surface area contributed by atoms with Crippen LogP contribution in [0, 0.1) is 0 Å². The molecule has 0 unspecified atom stereocenters. The maximum absolute atomic E-state index is 5.80. The van der Waals surface area contributed by atoms with E-state index in [-0.39, 0.29) is 0 Å². The summed E-state index contributed by atoms with van der Waals surface area (Å²) in [7, 11) is 0. The molecule has 70 valence electrons. The molecule has 1 aromatic rings. The number of benzene rings is 1. The molecule has 0 amide bonds. The molecule has 1 rings (SSSR count). The quantitative estimate of drug-likeness (QED) is 0.641. The van der Waals surface area contributed by atoms with Crippen LogP contribution in [0.5, 0.6) is 0 Å². The van der Waals surface area contributed by atoms with Gasteiger partial charge in [0.05, 0.1) is 0 Å². The summed E-state index contributed by atoms with van der Waals surface area (Å²) in [5.41, 5.74) is 6.77. The van der Waals surface area contributed by atoms with Gasteiger partial charge in [-0.1, -0.05) is 41.1 Å². The fraction of sp³-hybridized carbons (Fsp3) is 0.300. The minimum absolute atomic E-state index is 0.606. The van der Waals surface area contributed by atoms with Crippen LogP contribution in [0.2, 0.25) is 0 Å². The predicted octanol–water partition coefficient (Wildman–Crippen LogP) is 2.56. The van der Waals surface area contributed by atoms with Crippen LogP contribution in [-0.2, 0) is 0 Å². The van der Waals surface area contributed by atoms with Gasteiger partial charge in [0.2, 0.25) is 0 Å². The molecule has 0 aromatic heterocycles. The van der Waals surface area contributed by atoms with E-state index in [0.29, 0.717) is 5.84 Å². The molecule has 3 heteroatoms. The van der Waals surface area contributed by atoms with Gasteiger partial charge in [-0.05, 0) is 12.5 Å². The number of nitrogens with zero attached hydrogens (tertiary/aromatic N) is 1. The molecule has 0 saturated heterocycles. The van der Waals surface area contributed by atoms with Crippen LogP contribution in [-0.4, -0.2) is 12.4 Å². The molecule has 0 saturated carbocycles. The lowest BCUT2D eigenvalue weighted by atomic mass is 10.2. The zero-order valence-electron chi connectivity index (χ0n) is 7.63. The van der Waals surface area contributed by atoms with Gasteiger partial charge in [0.1, 0.15) is 5.84 Å². The van der Waals surface area contributed by atoms with Crippen molar-refractivity contribution in [1.29, 1.82) is 0 Å². The number of halogens is 1. The Balaban J connectivity index is 2.88. The molecule has 0 atom stereocenters. The maximum Gasteiger partial charge on any atom is 0.126 e. The van der Waals surface area contributed by atoms with Crippen molar-refractivity contribution in [3.63, 3.8) is 0 Å². The highest BCUT2D eigenvalue weighted by molar-refractivity contribution is 9.10. The second kappa shape index (κ2) is 5.02. The van der Waals surface area contributed by atoms with Crippen LogP contribution in [0.1, 0.15) is 18.9 Å². The molecule has 2 nitrogen and oxygen atoms in total. The summed E-state index contributed by atoms with van der Waals surface area (Å²) >= 11 is 3.43. The van der Waals surface area contributed by atoms with E-state index in [0.717, 1.165) is 23.0 Å². The Hall–Kier alpha value is -0.830. The summed E-state index contributed by atoms with van der Waals surface area (Å²) in [5.74, 6) is 0.606. The van der Waals surface area contributed by atoms with Crippen molar-refractivity contribution in [2.24, 2.45) is 10.7 Å². The highest BCUT2D eigenvalue weighted by Gasteiger charge is 2.01. The van der Waals surface area contributed by atoms with E-state index in [1.54, 1.807) is 0 Å². The highest BCUT2D eigenvalue weighted by Crippen LogP contribution is 2.15. The van der Waals surface area contributed by atoms with Gasteiger partial charge in [-0.15, -0.1) is 0 Å². The van der Waals surface area contributed by atoms with Crippen molar-refractivity contribution < 1.29 is 0 Å². The fourth-order valence-corrected chi connectivity index (χ4v) is 1.47. The number of nitrogens with two attached hydrogens (primary N) is 1. The third-order valence-corrected chi connectivity index (χ3v) is 2.35. The third-order valence-electron chi connectivity index (χ3n) is 1.66. The Kier molecular flexibility index (Phi) is 3.96. The lowest BCUT2D eigenvalue weighted by Crippen LogP contribution is -2.14. The zero-order chi connectivity index (χ0) is 9.68. The van der Waals surface area contributed by atoms with Gasteiger partial charge in [-0.2, -0.15) is 0 Å². The fourth-order valence-electron chi connectivity index (χ4n) is 0.986. The van der Waals surface area contributed by atoms with E-state index >= 15 is 0 Å². The normalized spacial score (nSPS) is 11.7. The first-order chi connectivity index (χ1) is 6.25. The molecule has 0 aliphatic heterocycles. The first kappa shape index (κ1) is 10.3. The molecule has 0 aliphatic rings. The minimum Gasteiger partial charge on any atom is -0.383 e. The molecule has 0 fully saturated rings. The van der Waals surface area contributed by atoms with Gasteiger partial charge in [-0.3, -0.25) is 4.99 Å². The molecule has 13 heavy (non-hydrogen) atoms. The number of hydrogen-bond acceptors (Lipinski definition) is 1. The lowest BCUT2D eigenvalue weighted by Gasteiger charge is -2.02. The maximum atomic E-state index is 5.80. The number of amidine groups is 1. The average molecular weight is 241 g/mol. The van der Waals surface area contributed by atoms with Crippen molar-refractivity contribution >= 4 is 21.8 Å². The first-order valence-electron chi connectivity index (χ1n) is 4.30. The number of aliphatic imine (C=N–C) groups is 1. The van der Waals surface area contributed by atoms with Crippen LogP contribution in [0.25, 0.3) is 0 Å². The van der Waals surface area contributed by atoms with E-state index in [2.05, 4.69) is 27.8 Å². The lowest BCUT2D eigenvalue weighted by molar-refractivity contribution is 0.930. The van der Waals surface area contributed by atoms with Crippen LogP contribution in [0.4, 0.5) is 0 Å². The second-order valence-corrected chi connectivity index (χ2v) is 3.60. The van der Waals surface area contributed by atoms with Crippen molar-refractivity contribution in [2.45, 2.75) is 13.3 Å². The van der Waals surface area contributed by atoms with Crippen molar-refractivity contribution in [3.05, 3.63) is 34.3 Å². The SMILES string of the molecule is CCCN=C(N)c1ccccc1Br. The largest absolute Gasteiger partial charge is 0.383 e. The van der Waals surface area contributed by atoms with Gasteiger partial charge in [0, 0.05) is 16.6 Å². The smallest absolute Gasteiger partial charge is 0.126 e. The van der Waals surface area contributed by atoms with Crippen LogP contribution in [0.3, 0.4) is 0 Å². The average Bonchev–Trinajstić information content (AvgIpc) is 2.15. The molecular formula is C10H13BrN2. The zero-order valence-corrected chi connectivity index (χ0v) is 9.21. The second-order valence-electron chi connectivity index (χ2n) is 2.75. The Labute approximate surface area is 87.0 Å². The molecular weight excluding hydrogens is 228 g/mol. The molecule has 0 heterocycles. The molecule has 2 N–H and O–H groups in total. The van der Waals surface area contributed by atoms with Crippen LogP contribution in [0.15, 0.2) is 33.7 Å². The summed E-state index contributed by atoms with van der Waals surface area (Å²) in [6, 6.07) is 7.83. The summed E-state index contributed by atoms with van der Waals surface area (Å²) in [4.78, 5) is 4.24. The molecule has 0 radical (unpaired) electrons. The van der Waals surface area contributed by atoms with Crippen molar-refractivity contribution in [3.8, 4) is 0 Å². The summed E-state index contributed by atoms with van der Waals surface area (Å²) in [5, 5.41) is 0. The van der Waals surface area contributed by atoms with E-state index < -0.39 is 0 Å². The molecule has 0 bridgehead atoms. The monoisotopic (exact) mass is 240 g/mol. The van der Waals surface area contributed by atoms with Gasteiger partial charge in [-0.25, -0.2) is 0 Å². The Morgan fingerprint density at radius 1 is 1.46 bits per heavy atom. The summed E-state index contributed by atoms with van der Waals surface area (Å²) in [6.45, 7) is 2.87. The van der Waals surface area contributed by atoms with Gasteiger partial charge in [0.25, 0.3) is 0 Å². The van der Waals surface area contributed by atoms with Gasteiger partial charge < -0.3 is 5.73 Å². The summed E-state index contributed by atoms with van der Waals surface area (Å²) < 4.78 is 0.993. The predicted molar refractivity (Wildman–Crippen MR) is 60.0 cm³/mol. The first-order valence-corrected chi connectivity index (χ1v) is 5.09. The van der Waals surface area contributed by atoms with E-state index in [1.807, 2.05) is 24.3 Å². The Morgan fingerprint density at radius 3 is 2.77 bits per heavy atom. The Bertz CT molecular complexity index is 308. The molecule has 0 aliphatic carbocycles. The highest BCUT2D eigenvalue weighted by atomic mass is 79.9. The van der Waals surface area contributed by atoms with Gasteiger partial charge >= 0.3 is 0 Å². The number of rotatable bonds is 3. The summed E-state index contributed by atoms with van der Waals surface area (Å²) in [6.07, 6.45) is 1.02. The molecule has 0 spiro atoms. The van der Waals surface area contributed by atoms with E-state index in [1.165, 1.54) is 0 Å². The van der Waals surface area contributed by atoms with E-state index in [4.69, 9.17) is 5.73 Å². The van der Waals surface area contributed by atoms with Gasteiger partial charge in [0.15, 0.2) is 0 Å². The molecule has 1 aromatic carbocycles. The Morgan fingerprint density at radius 2 is 2.15 bits per heavy atom. The van der Waals surface area contributed by atoms with Crippen LogP contribution >= 0.6 is 15.9 Å². The van der Waals surface area contributed by atoms with Crippen LogP contribution < -0.4 is 5.73 Å². The third kappa shape index (κ3) is 2.84. The van der Waals surface area contributed by atoms with Crippen molar-refractivity contribution in [1.82, 2.24) is 0 Å². The number of hydrogen-bond donors (Lipinski definition) is 1. The standard InChI is InChI=1S/C10H13BrN2/c1-2-7-13-10(12)8-5-3-4-6-9(8)11/h3-6H,2,7H2,1H3,(H2,12,13). The minimum atomic E-state index is 0.606.